The van der Waals surface area contributed by atoms with E-state index in [1.54, 1.807) is 0 Å². The lowest BCUT2D eigenvalue weighted by atomic mass is 10.0. The Balaban J connectivity index is 4.10. The molecule has 1 unspecified atom stereocenters. The molecule has 54 heavy (non-hydrogen) atoms. The van der Waals surface area contributed by atoms with Crippen molar-refractivity contribution in [2.45, 2.75) is 232 Å². The lowest BCUT2D eigenvalue weighted by Crippen LogP contribution is -2.29. The molecule has 0 radical (unpaired) electrons. The molecule has 0 aliphatic rings. The van der Waals surface area contributed by atoms with Gasteiger partial charge in [0.2, 0.25) is 0 Å². The summed E-state index contributed by atoms with van der Waals surface area (Å²) in [5, 5.41) is 0. The van der Waals surface area contributed by atoms with E-state index in [1.165, 1.54) is 161 Å². The van der Waals surface area contributed by atoms with Gasteiger partial charge in [-0.1, -0.05) is 187 Å². The molecule has 3 N–H and O–H groups in total. The van der Waals surface area contributed by atoms with Gasteiger partial charge in [-0.25, -0.2) is 4.57 Å². The summed E-state index contributed by atoms with van der Waals surface area (Å²) in [6.45, 7) is 3.76. The Morgan fingerprint density at radius 2 is 0.907 bits per heavy atom. The molecular weight excluding hydrogens is 701 g/mol. The van der Waals surface area contributed by atoms with Crippen molar-refractivity contribution in [3.05, 3.63) is 12.2 Å². The summed E-state index contributed by atoms with van der Waals surface area (Å²) in [4.78, 5) is 34.9. The van der Waals surface area contributed by atoms with E-state index >= 15 is 0 Å². The summed E-state index contributed by atoms with van der Waals surface area (Å²) in [6, 6.07) is 0. The van der Waals surface area contributed by atoms with E-state index in [1.807, 2.05) is 0 Å². The Morgan fingerprint density at radius 3 is 1.31 bits per heavy atom. The minimum absolute atomic E-state index is 0.0558. The molecule has 0 amide bonds. The van der Waals surface area contributed by atoms with Gasteiger partial charge in [0.05, 0.1) is 13.2 Å². The molecule has 10 heteroatoms. The van der Waals surface area contributed by atoms with Crippen LogP contribution in [0.2, 0.25) is 0 Å². The number of phosphoric acid groups is 1. The number of ether oxygens (including phenoxy) is 2. The van der Waals surface area contributed by atoms with Crippen molar-refractivity contribution < 1.29 is 37.6 Å². The smallest absolute Gasteiger partial charge is 0.462 e. The van der Waals surface area contributed by atoms with Gasteiger partial charge in [0.1, 0.15) is 6.61 Å². The topological polar surface area (TPSA) is 134 Å². The molecule has 0 saturated heterocycles. The second kappa shape index (κ2) is 41.4. The number of allylic oxidation sites excluding steroid dienone is 2. The van der Waals surface area contributed by atoms with E-state index < -0.39 is 26.5 Å². The summed E-state index contributed by atoms with van der Waals surface area (Å²) in [5.41, 5.74) is 5.35. The lowest BCUT2D eigenvalue weighted by molar-refractivity contribution is -0.161. The van der Waals surface area contributed by atoms with Crippen LogP contribution in [0, 0.1) is 0 Å². The van der Waals surface area contributed by atoms with Gasteiger partial charge in [0.25, 0.3) is 0 Å². The van der Waals surface area contributed by atoms with E-state index in [4.69, 9.17) is 24.3 Å². The van der Waals surface area contributed by atoms with Crippen LogP contribution < -0.4 is 5.73 Å². The molecule has 0 rings (SSSR count). The molecule has 0 spiro atoms. The standard InChI is InChI=1S/C44H86NO8P/c1-3-5-7-9-11-13-15-17-19-21-23-24-26-28-30-32-34-36-43(46)50-40-42(41-52-54(48,49)51-39-38-45)53-44(47)37-35-33-31-29-27-25-22-20-18-16-14-12-10-8-6-4-2/h17,19,42H,3-16,18,20-41,45H2,1-2H3,(H,48,49)/b19-17-/t42-/m1/s1. The quantitative estimate of drug-likeness (QED) is 0.0268. The zero-order valence-electron chi connectivity index (χ0n) is 35.2. The second-order valence-electron chi connectivity index (χ2n) is 15.3. The maximum absolute atomic E-state index is 12.6. The van der Waals surface area contributed by atoms with Crippen LogP contribution in [0.1, 0.15) is 226 Å². The molecule has 0 aromatic carbocycles. The molecule has 0 bridgehead atoms. The maximum Gasteiger partial charge on any atom is 0.472 e. The SMILES string of the molecule is CCCCCCCC/C=C\CCCCCCCCCC(=O)OC[C@H](COP(=O)(O)OCCN)OC(=O)CCCCCCCCCCCCCCCCCC. The Bertz CT molecular complexity index is 902. The van der Waals surface area contributed by atoms with Crippen molar-refractivity contribution in [2.75, 3.05) is 26.4 Å². The van der Waals surface area contributed by atoms with Gasteiger partial charge in [0.15, 0.2) is 6.10 Å². The highest BCUT2D eigenvalue weighted by Crippen LogP contribution is 2.43. The van der Waals surface area contributed by atoms with Crippen LogP contribution in [0.15, 0.2) is 12.2 Å². The monoisotopic (exact) mass is 788 g/mol. The number of phosphoric ester groups is 1. The molecule has 320 valence electrons. The lowest BCUT2D eigenvalue weighted by Gasteiger charge is -2.19. The fourth-order valence-corrected chi connectivity index (χ4v) is 7.28. The average Bonchev–Trinajstić information content (AvgIpc) is 3.16. The minimum atomic E-state index is -4.37. The van der Waals surface area contributed by atoms with Crippen LogP contribution in [-0.4, -0.2) is 49.3 Å². The number of unbranched alkanes of at least 4 members (excludes halogenated alkanes) is 28. The van der Waals surface area contributed by atoms with Gasteiger partial charge in [-0.15, -0.1) is 0 Å². The predicted octanol–water partition coefficient (Wildman–Crippen LogP) is 13.0. The van der Waals surface area contributed by atoms with E-state index in [0.29, 0.717) is 6.42 Å². The van der Waals surface area contributed by atoms with E-state index in [2.05, 4.69) is 26.0 Å². The molecule has 0 aromatic heterocycles. The number of nitrogens with two attached hydrogens (primary N) is 1. The van der Waals surface area contributed by atoms with Gasteiger partial charge in [0, 0.05) is 19.4 Å². The molecule has 0 saturated carbocycles. The number of carbonyl (C=O) groups is 2. The zero-order chi connectivity index (χ0) is 39.6. The zero-order valence-corrected chi connectivity index (χ0v) is 36.1. The third-order valence-corrected chi connectivity index (χ3v) is 10.9. The van der Waals surface area contributed by atoms with Crippen LogP contribution >= 0.6 is 7.82 Å². The van der Waals surface area contributed by atoms with Crippen molar-refractivity contribution in [1.29, 1.82) is 0 Å². The normalized spacial score (nSPS) is 13.3. The van der Waals surface area contributed by atoms with Crippen molar-refractivity contribution in [3.8, 4) is 0 Å². The van der Waals surface area contributed by atoms with Crippen LogP contribution in [0.5, 0.6) is 0 Å². The first-order chi connectivity index (χ1) is 26.3. The first-order valence-electron chi connectivity index (χ1n) is 22.7. The van der Waals surface area contributed by atoms with Gasteiger partial charge >= 0.3 is 19.8 Å². The third kappa shape index (κ3) is 40.4. The summed E-state index contributed by atoms with van der Waals surface area (Å²) < 4.78 is 32.8. The van der Waals surface area contributed by atoms with Crippen LogP contribution in [0.25, 0.3) is 0 Å². The van der Waals surface area contributed by atoms with E-state index in [0.717, 1.165) is 32.1 Å². The van der Waals surface area contributed by atoms with Gasteiger partial charge in [-0.3, -0.25) is 18.6 Å². The molecule has 0 aromatic rings. The molecule has 2 atom stereocenters. The van der Waals surface area contributed by atoms with Crippen molar-refractivity contribution in [2.24, 2.45) is 5.73 Å². The molecule has 0 heterocycles. The van der Waals surface area contributed by atoms with Gasteiger partial charge < -0.3 is 20.1 Å². The first kappa shape index (κ1) is 52.8. The van der Waals surface area contributed by atoms with Crippen LogP contribution in [0.4, 0.5) is 0 Å². The Morgan fingerprint density at radius 1 is 0.537 bits per heavy atom. The summed E-state index contributed by atoms with van der Waals surface area (Å²) in [6.07, 6.45) is 42.4. The fraction of sp³-hybridized carbons (Fsp3) is 0.909. The number of rotatable bonds is 43. The Labute approximate surface area is 332 Å². The second-order valence-corrected chi connectivity index (χ2v) is 16.7. The summed E-state index contributed by atoms with van der Waals surface area (Å²) in [7, 11) is -4.37. The predicted molar refractivity (Wildman–Crippen MR) is 224 cm³/mol. The number of hydrogen-bond donors (Lipinski definition) is 2. The van der Waals surface area contributed by atoms with Crippen LogP contribution in [-0.2, 0) is 32.7 Å². The Hall–Kier alpha value is -1.25. The number of hydrogen-bond acceptors (Lipinski definition) is 8. The first-order valence-corrected chi connectivity index (χ1v) is 24.2. The van der Waals surface area contributed by atoms with Crippen molar-refractivity contribution in [1.82, 2.24) is 0 Å². The largest absolute Gasteiger partial charge is 0.472 e. The van der Waals surface area contributed by atoms with Crippen molar-refractivity contribution in [3.63, 3.8) is 0 Å². The highest BCUT2D eigenvalue weighted by molar-refractivity contribution is 7.47. The highest BCUT2D eigenvalue weighted by Gasteiger charge is 2.26. The highest BCUT2D eigenvalue weighted by atomic mass is 31.2. The number of esters is 2. The molecule has 9 nitrogen and oxygen atoms in total. The van der Waals surface area contributed by atoms with E-state index in [-0.39, 0.29) is 38.6 Å². The van der Waals surface area contributed by atoms with Crippen molar-refractivity contribution >= 4 is 19.8 Å². The number of carbonyl (C=O) groups excluding carboxylic acids is 2. The van der Waals surface area contributed by atoms with Gasteiger partial charge in [-0.2, -0.15) is 0 Å². The maximum atomic E-state index is 12.6. The summed E-state index contributed by atoms with van der Waals surface area (Å²) in [5.74, 6) is -0.821. The molecular formula is C44H86NO8P. The summed E-state index contributed by atoms with van der Waals surface area (Å²) >= 11 is 0. The fourth-order valence-electron chi connectivity index (χ4n) is 6.51. The Kier molecular flexibility index (Phi) is 40.4. The molecule has 0 fully saturated rings. The minimum Gasteiger partial charge on any atom is -0.462 e. The molecule has 0 aliphatic heterocycles. The van der Waals surface area contributed by atoms with E-state index in [9.17, 15) is 19.0 Å². The molecule has 0 aliphatic carbocycles. The van der Waals surface area contributed by atoms with Gasteiger partial charge in [-0.05, 0) is 38.5 Å². The third-order valence-electron chi connectivity index (χ3n) is 9.90. The average molecular weight is 788 g/mol. The van der Waals surface area contributed by atoms with Crippen LogP contribution in [0.3, 0.4) is 0 Å².